The summed E-state index contributed by atoms with van der Waals surface area (Å²) in [6, 6.07) is 11.5. The van der Waals surface area contributed by atoms with Crippen molar-refractivity contribution in [1.82, 2.24) is 9.78 Å². The molecule has 0 spiro atoms. The van der Waals surface area contributed by atoms with Gasteiger partial charge in [-0.2, -0.15) is 5.10 Å². The third kappa shape index (κ3) is 3.57. The van der Waals surface area contributed by atoms with E-state index in [0.717, 1.165) is 24.4 Å². The molecule has 0 aliphatic heterocycles. The lowest BCUT2D eigenvalue weighted by Gasteiger charge is -2.10. The zero-order chi connectivity index (χ0) is 17.1. The highest BCUT2D eigenvalue weighted by atomic mass is 16.5. The number of nitrogens with zero attached hydrogens (tertiary/aromatic N) is 2. The van der Waals surface area contributed by atoms with E-state index in [1.165, 1.54) is 17.5 Å². The fourth-order valence-electron chi connectivity index (χ4n) is 3.08. The van der Waals surface area contributed by atoms with Crippen LogP contribution in [0.25, 0.3) is 0 Å². The standard InChI is InChI=1S/C19H19N3O3/c23-19(13-25-16-7-6-14-3-1-4-15(14)11-16)21-18-8-9-20-22(18)12-17-5-2-10-24-17/h2,5-11H,1,3-4,12-13H2,(H,21,23). The number of hydrogen-bond acceptors (Lipinski definition) is 4. The van der Waals surface area contributed by atoms with Crippen LogP contribution < -0.4 is 10.1 Å². The van der Waals surface area contributed by atoms with Crippen LogP contribution in [0.4, 0.5) is 5.82 Å². The van der Waals surface area contributed by atoms with Gasteiger partial charge in [0.1, 0.15) is 23.9 Å². The van der Waals surface area contributed by atoms with Crippen LogP contribution in [0.5, 0.6) is 5.75 Å². The van der Waals surface area contributed by atoms with E-state index in [1.54, 1.807) is 23.2 Å². The van der Waals surface area contributed by atoms with Gasteiger partial charge in [0.05, 0.1) is 12.5 Å². The summed E-state index contributed by atoms with van der Waals surface area (Å²) in [5, 5.41) is 7.02. The first-order valence-electron chi connectivity index (χ1n) is 8.36. The first-order valence-corrected chi connectivity index (χ1v) is 8.36. The first-order chi connectivity index (χ1) is 12.3. The number of hydrogen-bond donors (Lipinski definition) is 1. The van der Waals surface area contributed by atoms with E-state index < -0.39 is 0 Å². The summed E-state index contributed by atoms with van der Waals surface area (Å²) in [4.78, 5) is 12.2. The minimum atomic E-state index is -0.221. The van der Waals surface area contributed by atoms with Crippen LogP contribution in [0.15, 0.2) is 53.3 Å². The average molecular weight is 337 g/mol. The van der Waals surface area contributed by atoms with Gasteiger partial charge in [-0.1, -0.05) is 6.07 Å². The maximum Gasteiger partial charge on any atom is 0.263 e. The maximum absolute atomic E-state index is 12.2. The SMILES string of the molecule is O=C(COc1ccc2c(c1)CCC2)Nc1ccnn1Cc1ccco1. The second kappa shape index (κ2) is 6.84. The molecule has 3 aromatic rings. The Hall–Kier alpha value is -3.02. The predicted octanol–water partition coefficient (Wildman–Crippen LogP) is 3.03. The van der Waals surface area contributed by atoms with Crippen LogP contribution in [0.2, 0.25) is 0 Å². The number of amides is 1. The van der Waals surface area contributed by atoms with Gasteiger partial charge in [0, 0.05) is 6.07 Å². The molecule has 4 rings (SSSR count). The van der Waals surface area contributed by atoms with Crippen LogP contribution in [-0.4, -0.2) is 22.3 Å². The number of carbonyl (C=O) groups is 1. The minimum Gasteiger partial charge on any atom is -0.484 e. The second-order valence-electron chi connectivity index (χ2n) is 6.07. The molecule has 0 unspecified atom stereocenters. The Kier molecular flexibility index (Phi) is 4.24. The van der Waals surface area contributed by atoms with Crippen molar-refractivity contribution in [2.75, 3.05) is 11.9 Å². The monoisotopic (exact) mass is 337 g/mol. The third-order valence-electron chi connectivity index (χ3n) is 4.31. The van der Waals surface area contributed by atoms with E-state index in [4.69, 9.17) is 9.15 Å². The van der Waals surface area contributed by atoms with Crippen molar-refractivity contribution in [2.24, 2.45) is 0 Å². The van der Waals surface area contributed by atoms with Crippen LogP contribution in [0.3, 0.4) is 0 Å². The van der Waals surface area contributed by atoms with Gasteiger partial charge in [-0.3, -0.25) is 4.79 Å². The lowest BCUT2D eigenvalue weighted by atomic mass is 10.1. The Bertz CT molecular complexity index is 868. The molecular formula is C19H19N3O3. The Morgan fingerprint density at radius 2 is 2.16 bits per heavy atom. The number of anilines is 1. The zero-order valence-electron chi connectivity index (χ0n) is 13.8. The van der Waals surface area contributed by atoms with Crippen molar-refractivity contribution in [3.05, 3.63) is 65.7 Å². The molecule has 6 heteroatoms. The van der Waals surface area contributed by atoms with E-state index in [-0.39, 0.29) is 12.5 Å². The van der Waals surface area contributed by atoms with Crippen LogP contribution in [-0.2, 0) is 24.2 Å². The molecule has 0 bridgehead atoms. The van der Waals surface area contributed by atoms with E-state index >= 15 is 0 Å². The molecule has 1 amide bonds. The molecule has 1 aromatic carbocycles. The van der Waals surface area contributed by atoms with Gasteiger partial charge in [0.25, 0.3) is 5.91 Å². The van der Waals surface area contributed by atoms with Crippen LogP contribution in [0, 0.1) is 0 Å². The largest absolute Gasteiger partial charge is 0.484 e. The molecule has 1 N–H and O–H groups in total. The summed E-state index contributed by atoms with van der Waals surface area (Å²) in [6.07, 6.45) is 6.67. The molecule has 0 saturated carbocycles. The maximum atomic E-state index is 12.2. The predicted molar refractivity (Wildman–Crippen MR) is 92.6 cm³/mol. The number of aryl methyl sites for hydroxylation is 2. The van der Waals surface area contributed by atoms with Gasteiger partial charge in [0.2, 0.25) is 0 Å². The number of fused-ring (bicyclic) bond motifs is 1. The number of rotatable bonds is 6. The first kappa shape index (κ1) is 15.5. The summed E-state index contributed by atoms with van der Waals surface area (Å²) in [6.45, 7) is 0.423. The normalized spacial score (nSPS) is 12.8. The van der Waals surface area contributed by atoms with E-state index in [0.29, 0.717) is 12.4 Å². The highest BCUT2D eigenvalue weighted by Crippen LogP contribution is 2.26. The molecule has 0 radical (unpaired) electrons. The highest BCUT2D eigenvalue weighted by molar-refractivity contribution is 5.91. The van der Waals surface area contributed by atoms with Gasteiger partial charge in [-0.05, 0) is 54.7 Å². The van der Waals surface area contributed by atoms with Crippen molar-refractivity contribution >= 4 is 11.7 Å². The molecule has 6 nitrogen and oxygen atoms in total. The Labute approximate surface area is 145 Å². The highest BCUT2D eigenvalue weighted by Gasteiger charge is 2.13. The molecule has 128 valence electrons. The Balaban J connectivity index is 1.34. The van der Waals surface area contributed by atoms with Gasteiger partial charge in [0.15, 0.2) is 6.61 Å². The van der Waals surface area contributed by atoms with E-state index in [1.807, 2.05) is 24.3 Å². The molecule has 25 heavy (non-hydrogen) atoms. The molecule has 2 aromatic heterocycles. The number of nitrogens with one attached hydrogen (secondary N) is 1. The molecule has 0 fully saturated rings. The molecule has 0 atom stereocenters. The van der Waals surface area contributed by atoms with Crippen molar-refractivity contribution in [2.45, 2.75) is 25.8 Å². The lowest BCUT2D eigenvalue weighted by Crippen LogP contribution is -2.22. The molecule has 0 saturated heterocycles. The quantitative estimate of drug-likeness (QED) is 0.751. The summed E-state index contributed by atoms with van der Waals surface area (Å²) in [5.41, 5.74) is 2.72. The molecule has 1 aliphatic carbocycles. The zero-order valence-corrected chi connectivity index (χ0v) is 13.8. The fourth-order valence-corrected chi connectivity index (χ4v) is 3.08. The minimum absolute atomic E-state index is 0.0370. The number of benzene rings is 1. The van der Waals surface area contributed by atoms with Crippen molar-refractivity contribution in [3.63, 3.8) is 0 Å². The summed E-state index contributed by atoms with van der Waals surface area (Å²) < 4.78 is 12.6. The fraction of sp³-hybridized carbons (Fsp3) is 0.263. The van der Waals surface area contributed by atoms with Crippen molar-refractivity contribution < 1.29 is 13.9 Å². The van der Waals surface area contributed by atoms with Gasteiger partial charge in [-0.15, -0.1) is 0 Å². The van der Waals surface area contributed by atoms with Crippen LogP contribution >= 0.6 is 0 Å². The molecule has 1 aliphatic rings. The summed E-state index contributed by atoms with van der Waals surface area (Å²) >= 11 is 0. The molecular weight excluding hydrogens is 318 g/mol. The second-order valence-corrected chi connectivity index (χ2v) is 6.07. The van der Waals surface area contributed by atoms with Gasteiger partial charge in [-0.25, -0.2) is 4.68 Å². The average Bonchev–Trinajstić information content (AvgIpc) is 3.35. The number of carbonyl (C=O) groups excluding carboxylic acids is 1. The third-order valence-corrected chi connectivity index (χ3v) is 4.31. The Morgan fingerprint density at radius 3 is 3.04 bits per heavy atom. The van der Waals surface area contributed by atoms with E-state index in [2.05, 4.69) is 16.5 Å². The van der Waals surface area contributed by atoms with E-state index in [9.17, 15) is 4.79 Å². The summed E-state index contributed by atoms with van der Waals surface area (Å²) in [7, 11) is 0. The number of ether oxygens (including phenoxy) is 1. The lowest BCUT2D eigenvalue weighted by molar-refractivity contribution is -0.118. The number of furan rings is 1. The van der Waals surface area contributed by atoms with Gasteiger partial charge >= 0.3 is 0 Å². The number of aromatic nitrogens is 2. The topological polar surface area (TPSA) is 69.3 Å². The van der Waals surface area contributed by atoms with Gasteiger partial charge < -0.3 is 14.5 Å². The van der Waals surface area contributed by atoms with Crippen molar-refractivity contribution in [3.8, 4) is 5.75 Å². The molecule has 2 heterocycles. The Morgan fingerprint density at radius 1 is 1.24 bits per heavy atom. The smallest absolute Gasteiger partial charge is 0.263 e. The van der Waals surface area contributed by atoms with Crippen molar-refractivity contribution in [1.29, 1.82) is 0 Å². The van der Waals surface area contributed by atoms with Crippen LogP contribution in [0.1, 0.15) is 23.3 Å². The summed E-state index contributed by atoms with van der Waals surface area (Å²) in [5.74, 6) is 1.90.